The lowest BCUT2D eigenvalue weighted by Gasteiger charge is -2.05. The van der Waals surface area contributed by atoms with Crippen molar-refractivity contribution >= 4 is 37.9 Å². The van der Waals surface area contributed by atoms with Crippen LogP contribution in [0.1, 0.15) is 0 Å². The molecular weight excluding hydrogens is 374 g/mol. The van der Waals surface area contributed by atoms with E-state index in [9.17, 15) is 8.42 Å². The van der Waals surface area contributed by atoms with Gasteiger partial charge in [0.15, 0.2) is 16.6 Å². The summed E-state index contributed by atoms with van der Waals surface area (Å²) in [6.45, 7) is 0.240. The number of ether oxygens (including phenoxy) is 2. The lowest BCUT2D eigenvalue weighted by molar-refractivity contribution is 0.174. The molecule has 26 heavy (non-hydrogen) atoms. The van der Waals surface area contributed by atoms with E-state index in [2.05, 4.69) is 15.0 Å². The van der Waals surface area contributed by atoms with E-state index < -0.39 is 10.0 Å². The Kier molecular flexibility index (Phi) is 4.17. The fourth-order valence-corrected chi connectivity index (χ4v) is 3.79. The van der Waals surface area contributed by atoms with Crippen molar-refractivity contribution in [3.05, 3.63) is 47.8 Å². The van der Waals surface area contributed by atoms with Crippen molar-refractivity contribution in [2.24, 2.45) is 0 Å². The molecule has 2 aromatic carbocycles. The highest BCUT2D eigenvalue weighted by Gasteiger charge is 2.14. The van der Waals surface area contributed by atoms with E-state index in [1.165, 1.54) is 11.3 Å². The molecule has 2 heterocycles. The number of benzene rings is 2. The third kappa shape index (κ3) is 3.73. The first-order valence-corrected chi connectivity index (χ1v) is 10.4. The Bertz CT molecular complexity index is 1050. The Morgan fingerprint density at radius 1 is 1.04 bits per heavy atom. The summed E-state index contributed by atoms with van der Waals surface area (Å²) >= 11 is 1.48. The van der Waals surface area contributed by atoms with Gasteiger partial charge in [0.2, 0.25) is 16.8 Å². The topological polar surface area (TPSA) is 89.6 Å². The minimum atomic E-state index is -3.28. The average molecular weight is 389 g/mol. The number of hydrogen-bond donors (Lipinski definition) is 2. The molecule has 0 aliphatic carbocycles. The van der Waals surface area contributed by atoms with Crippen LogP contribution in [0.5, 0.6) is 11.5 Å². The molecule has 0 atom stereocenters. The van der Waals surface area contributed by atoms with Gasteiger partial charge < -0.3 is 14.8 Å². The predicted octanol–water partition coefficient (Wildman–Crippen LogP) is 3.65. The molecule has 0 amide bonds. The first-order valence-electron chi connectivity index (χ1n) is 7.67. The summed E-state index contributed by atoms with van der Waals surface area (Å²) in [5, 5.41) is 5.93. The maximum absolute atomic E-state index is 11.3. The van der Waals surface area contributed by atoms with Gasteiger partial charge in [0.25, 0.3) is 0 Å². The van der Waals surface area contributed by atoms with Crippen LogP contribution < -0.4 is 19.5 Å². The van der Waals surface area contributed by atoms with Gasteiger partial charge in [0.1, 0.15) is 0 Å². The van der Waals surface area contributed by atoms with Gasteiger partial charge in [0.05, 0.1) is 11.9 Å². The second-order valence-electron chi connectivity index (χ2n) is 5.68. The maximum Gasteiger partial charge on any atom is 0.231 e. The van der Waals surface area contributed by atoms with Crippen LogP contribution in [0, 0.1) is 0 Å². The molecule has 4 rings (SSSR count). The van der Waals surface area contributed by atoms with Crippen molar-refractivity contribution in [3.63, 3.8) is 0 Å². The van der Waals surface area contributed by atoms with E-state index in [1.807, 2.05) is 35.7 Å². The summed E-state index contributed by atoms with van der Waals surface area (Å²) in [5.74, 6) is 1.44. The van der Waals surface area contributed by atoms with Crippen molar-refractivity contribution < 1.29 is 17.9 Å². The minimum Gasteiger partial charge on any atom is -0.454 e. The first-order chi connectivity index (χ1) is 12.5. The summed E-state index contributed by atoms with van der Waals surface area (Å²) in [5.41, 5.74) is 3.09. The van der Waals surface area contributed by atoms with Crippen molar-refractivity contribution in [1.82, 2.24) is 4.98 Å². The fraction of sp³-hybridized carbons (Fsp3) is 0.118. The van der Waals surface area contributed by atoms with Gasteiger partial charge in [-0.3, -0.25) is 4.72 Å². The predicted molar refractivity (Wildman–Crippen MR) is 102 cm³/mol. The maximum atomic E-state index is 11.3. The van der Waals surface area contributed by atoms with Crippen LogP contribution >= 0.6 is 11.3 Å². The van der Waals surface area contributed by atoms with Crippen LogP contribution in [0.15, 0.2) is 47.8 Å². The first kappa shape index (κ1) is 16.7. The summed E-state index contributed by atoms with van der Waals surface area (Å²) < 4.78 is 35.6. The third-order valence-electron chi connectivity index (χ3n) is 3.61. The molecule has 1 aliphatic heterocycles. The highest BCUT2D eigenvalue weighted by molar-refractivity contribution is 7.92. The summed E-state index contributed by atoms with van der Waals surface area (Å²) in [6.07, 6.45) is 1.12. The molecule has 134 valence electrons. The van der Waals surface area contributed by atoms with Crippen LogP contribution in [0.4, 0.5) is 16.5 Å². The Balaban J connectivity index is 1.49. The summed E-state index contributed by atoms with van der Waals surface area (Å²) in [4.78, 5) is 4.57. The van der Waals surface area contributed by atoms with E-state index in [-0.39, 0.29) is 6.79 Å². The average Bonchev–Trinajstić information content (AvgIpc) is 3.23. The largest absolute Gasteiger partial charge is 0.454 e. The van der Waals surface area contributed by atoms with Gasteiger partial charge >= 0.3 is 0 Å². The molecule has 0 fully saturated rings. The van der Waals surface area contributed by atoms with Gasteiger partial charge in [0, 0.05) is 28.4 Å². The quantitative estimate of drug-likeness (QED) is 0.692. The molecule has 0 saturated heterocycles. The second-order valence-corrected chi connectivity index (χ2v) is 8.29. The Morgan fingerprint density at radius 2 is 1.77 bits per heavy atom. The van der Waals surface area contributed by atoms with E-state index in [1.54, 1.807) is 12.1 Å². The van der Waals surface area contributed by atoms with Gasteiger partial charge in [-0.25, -0.2) is 13.4 Å². The Hall–Kier alpha value is -2.78. The van der Waals surface area contributed by atoms with Crippen LogP contribution in [-0.2, 0) is 10.0 Å². The van der Waals surface area contributed by atoms with E-state index in [0.717, 1.165) is 34.1 Å². The van der Waals surface area contributed by atoms with Crippen molar-refractivity contribution in [1.29, 1.82) is 0 Å². The second kappa shape index (κ2) is 6.50. The van der Waals surface area contributed by atoms with Gasteiger partial charge in [-0.2, -0.15) is 0 Å². The number of nitrogens with one attached hydrogen (secondary N) is 2. The monoisotopic (exact) mass is 389 g/mol. The molecule has 3 aromatic rings. The standard InChI is InChI=1S/C17H15N3O4S2/c1-26(21,22)20-12-4-2-11(3-5-12)14-9-25-17(19-14)18-13-6-7-15-16(8-13)24-10-23-15/h2-9,20H,10H2,1H3,(H,18,19). The van der Waals surface area contributed by atoms with E-state index >= 15 is 0 Å². The minimum absolute atomic E-state index is 0.240. The molecule has 0 unspecified atom stereocenters. The van der Waals surface area contributed by atoms with Crippen LogP contribution in [-0.4, -0.2) is 26.5 Å². The zero-order valence-electron chi connectivity index (χ0n) is 13.7. The number of nitrogens with zero attached hydrogens (tertiary/aromatic N) is 1. The van der Waals surface area contributed by atoms with Gasteiger partial charge in [-0.15, -0.1) is 11.3 Å². The molecular formula is C17H15N3O4S2. The lowest BCUT2D eigenvalue weighted by Crippen LogP contribution is -2.09. The van der Waals surface area contributed by atoms with E-state index in [0.29, 0.717) is 11.4 Å². The van der Waals surface area contributed by atoms with Gasteiger partial charge in [-0.05, 0) is 24.3 Å². The van der Waals surface area contributed by atoms with Gasteiger partial charge in [-0.1, -0.05) is 12.1 Å². The van der Waals surface area contributed by atoms with Crippen molar-refractivity contribution in [2.45, 2.75) is 0 Å². The zero-order chi connectivity index (χ0) is 18.1. The smallest absolute Gasteiger partial charge is 0.231 e. The lowest BCUT2D eigenvalue weighted by atomic mass is 10.1. The molecule has 0 saturated carbocycles. The SMILES string of the molecule is CS(=O)(=O)Nc1ccc(-c2csc(Nc3ccc4c(c3)OCO4)n2)cc1. The summed E-state index contributed by atoms with van der Waals surface area (Å²) in [7, 11) is -3.28. The Labute approximate surface area is 154 Å². The highest BCUT2D eigenvalue weighted by Crippen LogP contribution is 2.36. The normalized spacial score (nSPS) is 12.8. The fourth-order valence-electron chi connectivity index (χ4n) is 2.48. The van der Waals surface area contributed by atoms with Crippen LogP contribution in [0.2, 0.25) is 0 Å². The molecule has 1 aromatic heterocycles. The third-order valence-corrected chi connectivity index (χ3v) is 4.98. The Morgan fingerprint density at radius 3 is 2.54 bits per heavy atom. The van der Waals surface area contributed by atoms with Crippen LogP contribution in [0.25, 0.3) is 11.3 Å². The van der Waals surface area contributed by atoms with Crippen molar-refractivity contribution in [3.8, 4) is 22.8 Å². The molecule has 9 heteroatoms. The highest BCUT2D eigenvalue weighted by atomic mass is 32.2. The number of rotatable bonds is 5. The number of sulfonamides is 1. The van der Waals surface area contributed by atoms with E-state index in [4.69, 9.17) is 9.47 Å². The van der Waals surface area contributed by atoms with Crippen LogP contribution in [0.3, 0.4) is 0 Å². The number of fused-ring (bicyclic) bond motifs is 1. The molecule has 0 radical (unpaired) electrons. The summed E-state index contributed by atoms with van der Waals surface area (Å²) in [6, 6.07) is 12.7. The number of thiazole rings is 1. The molecule has 2 N–H and O–H groups in total. The molecule has 1 aliphatic rings. The van der Waals surface area contributed by atoms with Crippen molar-refractivity contribution in [2.75, 3.05) is 23.1 Å². The number of hydrogen-bond acceptors (Lipinski definition) is 7. The zero-order valence-corrected chi connectivity index (χ0v) is 15.4. The molecule has 0 bridgehead atoms. The molecule has 0 spiro atoms. The number of anilines is 3. The molecule has 7 nitrogen and oxygen atoms in total. The number of aromatic nitrogens is 1.